The van der Waals surface area contributed by atoms with E-state index in [9.17, 15) is 34.2 Å². The molecule has 0 fully saturated rings. The monoisotopic (exact) mass is 548 g/mol. The van der Waals surface area contributed by atoms with Crippen LogP contribution in [0.15, 0.2) is 47.4 Å². The summed E-state index contributed by atoms with van der Waals surface area (Å²) >= 11 is 0. The molecule has 4 N–H and O–H groups in total. The fraction of sp³-hybridized carbons (Fsp3) is 0.276. The molecule has 0 spiro atoms. The molecule has 11 nitrogen and oxygen atoms in total. The predicted octanol–water partition coefficient (Wildman–Crippen LogP) is 2.97. The van der Waals surface area contributed by atoms with Crippen molar-refractivity contribution in [2.75, 3.05) is 19.0 Å². The Morgan fingerprint density at radius 3 is 2.45 bits per heavy atom. The summed E-state index contributed by atoms with van der Waals surface area (Å²) in [6, 6.07) is 6.24. The number of carbonyl (C=O) groups excluding carboxylic acids is 5. The van der Waals surface area contributed by atoms with Crippen LogP contribution in [0.4, 0.5) is 5.69 Å². The number of rotatable bonds is 7. The number of aromatic hydroxyl groups is 2. The van der Waals surface area contributed by atoms with Gasteiger partial charge in [0.15, 0.2) is 17.3 Å². The van der Waals surface area contributed by atoms with Crippen molar-refractivity contribution in [2.24, 2.45) is 0 Å². The quantitative estimate of drug-likeness (QED) is 0.175. The molecular formula is C29H28N2O9. The van der Waals surface area contributed by atoms with E-state index in [1.165, 1.54) is 40.9 Å². The number of fused-ring (bicyclic) bond motifs is 3. The summed E-state index contributed by atoms with van der Waals surface area (Å²) in [6.07, 6.45) is 1.10. The highest BCUT2D eigenvalue weighted by Crippen LogP contribution is 2.57. The molecule has 0 unspecified atom stereocenters. The first-order valence-electron chi connectivity index (χ1n) is 12.3. The molecule has 40 heavy (non-hydrogen) atoms. The van der Waals surface area contributed by atoms with E-state index in [0.29, 0.717) is 5.69 Å². The number of Topliss-reactive ketones (excluding diaryl/α,β-unsaturated/α-hetero) is 2. The minimum atomic E-state index is -1.63. The molecule has 0 saturated heterocycles. The van der Waals surface area contributed by atoms with Gasteiger partial charge < -0.3 is 30.3 Å². The average molecular weight is 549 g/mol. The summed E-state index contributed by atoms with van der Waals surface area (Å²) in [5.41, 5.74) is -1.12. The topological polar surface area (TPSA) is 168 Å². The van der Waals surface area contributed by atoms with Crippen LogP contribution in [-0.4, -0.2) is 53.1 Å². The molecule has 4 rings (SSSR count). The van der Waals surface area contributed by atoms with Gasteiger partial charge >= 0.3 is 5.97 Å². The normalized spacial score (nSPS) is 18.7. The van der Waals surface area contributed by atoms with Gasteiger partial charge in [-0.05, 0) is 45.9 Å². The van der Waals surface area contributed by atoms with E-state index in [-0.39, 0.29) is 63.9 Å². The van der Waals surface area contributed by atoms with Gasteiger partial charge in [0.1, 0.15) is 34.0 Å². The molecule has 1 aliphatic carbocycles. The van der Waals surface area contributed by atoms with E-state index in [4.69, 9.17) is 4.74 Å². The lowest BCUT2D eigenvalue weighted by Crippen LogP contribution is -2.41. The maximum absolute atomic E-state index is 13.8. The minimum Gasteiger partial charge on any atom is -0.507 e. The van der Waals surface area contributed by atoms with E-state index in [2.05, 4.69) is 15.4 Å². The zero-order chi connectivity index (χ0) is 29.5. The number of hydrogen-bond acceptors (Lipinski definition) is 10. The lowest BCUT2D eigenvalue weighted by Gasteiger charge is -2.29. The minimum absolute atomic E-state index is 0.00300. The number of esters is 1. The lowest BCUT2D eigenvalue weighted by molar-refractivity contribution is -0.123. The van der Waals surface area contributed by atoms with Gasteiger partial charge in [-0.15, -0.1) is 0 Å². The highest BCUT2D eigenvalue weighted by Gasteiger charge is 2.56. The Kier molecular flexibility index (Phi) is 7.25. The number of anilines is 1. The number of benzene rings is 2. The number of phenolic OH excluding ortho intramolecular Hbond substituents is 2. The van der Waals surface area contributed by atoms with Gasteiger partial charge in [-0.2, -0.15) is 0 Å². The van der Waals surface area contributed by atoms with Gasteiger partial charge in [-0.25, -0.2) is 4.79 Å². The van der Waals surface area contributed by atoms with Crippen molar-refractivity contribution in [1.29, 1.82) is 0 Å². The number of methoxy groups -OCH3 is 1. The highest BCUT2D eigenvalue weighted by molar-refractivity contribution is 6.31. The van der Waals surface area contributed by atoms with E-state index in [0.717, 1.165) is 6.08 Å². The zero-order valence-corrected chi connectivity index (χ0v) is 22.6. The van der Waals surface area contributed by atoms with Gasteiger partial charge in [0, 0.05) is 36.0 Å². The van der Waals surface area contributed by atoms with Crippen LogP contribution in [0.5, 0.6) is 17.2 Å². The first-order chi connectivity index (χ1) is 18.8. The third-order valence-corrected chi connectivity index (χ3v) is 7.07. The number of allylic oxidation sites excluding steroid dienone is 4. The van der Waals surface area contributed by atoms with Crippen molar-refractivity contribution in [3.05, 3.63) is 69.6 Å². The van der Waals surface area contributed by atoms with Gasteiger partial charge in [-0.3, -0.25) is 19.2 Å². The summed E-state index contributed by atoms with van der Waals surface area (Å²) in [5.74, 6) is -3.88. The fourth-order valence-electron chi connectivity index (χ4n) is 4.88. The number of ether oxygens (including phenoxy) is 2. The third kappa shape index (κ3) is 4.49. The van der Waals surface area contributed by atoms with Crippen LogP contribution < -0.4 is 15.4 Å². The summed E-state index contributed by atoms with van der Waals surface area (Å²) in [4.78, 5) is 63.3. The molecule has 1 aliphatic heterocycles. The Hall–Kier alpha value is -4.93. The van der Waals surface area contributed by atoms with Crippen molar-refractivity contribution in [3.63, 3.8) is 0 Å². The van der Waals surface area contributed by atoms with E-state index < -0.39 is 40.2 Å². The number of hydrogen-bond donors (Lipinski definition) is 4. The van der Waals surface area contributed by atoms with Crippen LogP contribution in [0.3, 0.4) is 0 Å². The van der Waals surface area contributed by atoms with E-state index in [1.54, 1.807) is 18.2 Å². The summed E-state index contributed by atoms with van der Waals surface area (Å²) in [6.45, 7) is 5.69. The molecule has 11 heteroatoms. The average Bonchev–Trinajstić information content (AvgIpc) is 3.19. The van der Waals surface area contributed by atoms with Crippen molar-refractivity contribution in [1.82, 2.24) is 5.32 Å². The smallest absolute Gasteiger partial charge is 0.337 e. The summed E-state index contributed by atoms with van der Waals surface area (Å²) in [5, 5.41) is 27.0. The Balaban J connectivity index is 1.56. The van der Waals surface area contributed by atoms with Gasteiger partial charge in [0.05, 0.1) is 23.8 Å². The van der Waals surface area contributed by atoms with Gasteiger partial charge in [-0.1, -0.05) is 6.07 Å². The van der Waals surface area contributed by atoms with Gasteiger partial charge in [0.25, 0.3) is 0 Å². The predicted molar refractivity (Wildman–Crippen MR) is 142 cm³/mol. The molecule has 0 radical (unpaired) electrons. The largest absolute Gasteiger partial charge is 0.507 e. The molecule has 1 amide bonds. The molecule has 2 aliphatic rings. The molecule has 2 aromatic carbocycles. The van der Waals surface area contributed by atoms with Crippen molar-refractivity contribution < 1.29 is 43.7 Å². The number of carbonyl (C=O) groups is 5. The Morgan fingerprint density at radius 2 is 1.80 bits per heavy atom. The fourth-order valence-corrected chi connectivity index (χ4v) is 4.88. The van der Waals surface area contributed by atoms with Crippen LogP contribution in [0.25, 0.3) is 0 Å². The second kappa shape index (κ2) is 10.3. The molecule has 1 heterocycles. The molecule has 2 aromatic rings. The van der Waals surface area contributed by atoms with Crippen molar-refractivity contribution >= 4 is 34.9 Å². The van der Waals surface area contributed by atoms with E-state index >= 15 is 0 Å². The number of nitrogens with one attached hydrogen (secondary N) is 2. The molecular weight excluding hydrogens is 520 g/mol. The third-order valence-electron chi connectivity index (χ3n) is 7.07. The Morgan fingerprint density at radius 1 is 1.10 bits per heavy atom. The van der Waals surface area contributed by atoms with Crippen LogP contribution in [0.1, 0.15) is 59.0 Å². The maximum atomic E-state index is 13.8. The number of amides is 1. The van der Waals surface area contributed by atoms with Crippen LogP contribution in [0, 0.1) is 6.92 Å². The first kappa shape index (κ1) is 28.1. The summed E-state index contributed by atoms with van der Waals surface area (Å²) < 4.78 is 10.4. The second-order valence-corrected chi connectivity index (χ2v) is 9.68. The molecule has 0 saturated carbocycles. The SMILES string of the molecule is COC(=O)c1cccc(NC(=O)CCN/C(C)=C2\C(=O)C=C3Oc4c(C(C)=O)c(O)c(C)c(O)c4[C@]3(C)C2=O)c1. The van der Waals surface area contributed by atoms with Gasteiger partial charge in [0.2, 0.25) is 5.91 Å². The zero-order valence-electron chi connectivity index (χ0n) is 22.6. The number of phenols is 2. The maximum Gasteiger partial charge on any atom is 0.337 e. The standard InChI is InChI=1S/C29H28N2O9/c1-13-24(35)22(15(3)32)26-23(25(13)36)29(4)19(40-26)12-18(33)21(27(29)37)14(2)30-10-9-20(34)31-17-8-6-7-16(11-17)28(38)39-5/h6-8,11-12,30,35-36H,9-10H2,1-5H3,(H,31,34)/b21-14+/t29-/m1/s1. The van der Waals surface area contributed by atoms with E-state index in [1.807, 2.05) is 0 Å². The molecule has 1 atom stereocenters. The molecule has 0 aromatic heterocycles. The Labute approximate surface area is 229 Å². The van der Waals surface area contributed by atoms with Crippen LogP contribution in [0.2, 0.25) is 0 Å². The highest BCUT2D eigenvalue weighted by atomic mass is 16.5. The van der Waals surface area contributed by atoms with Crippen molar-refractivity contribution in [2.45, 2.75) is 39.5 Å². The second-order valence-electron chi connectivity index (χ2n) is 9.68. The Bertz CT molecular complexity index is 1570. The van der Waals surface area contributed by atoms with Crippen molar-refractivity contribution in [3.8, 4) is 17.2 Å². The first-order valence-corrected chi connectivity index (χ1v) is 12.3. The summed E-state index contributed by atoms with van der Waals surface area (Å²) in [7, 11) is 1.26. The van der Waals surface area contributed by atoms with Crippen LogP contribution >= 0.6 is 0 Å². The molecule has 0 bridgehead atoms. The molecule has 208 valence electrons. The lowest BCUT2D eigenvalue weighted by atomic mass is 9.70. The number of ketones is 3. The van der Waals surface area contributed by atoms with Crippen LogP contribution in [-0.2, 0) is 24.5 Å².